The van der Waals surface area contributed by atoms with Crippen LogP contribution in [-0.4, -0.2) is 35.9 Å². The van der Waals surface area contributed by atoms with Crippen molar-refractivity contribution in [3.63, 3.8) is 0 Å². The smallest absolute Gasteiger partial charge is 0.407 e. The van der Waals surface area contributed by atoms with Crippen LogP contribution in [0.15, 0.2) is 31.0 Å². The van der Waals surface area contributed by atoms with E-state index in [4.69, 9.17) is 14.6 Å². The molecular formula is C13H16N2O5. The standard InChI is InChI=1S/C13H16N2O5/c1-3-6-20-13(18)15-10(7-12(16)17)9-4-5-11(19-2)14-8-9/h3-5,8,10H,1,6-7H2,2H3,(H,15,18)(H,16,17). The molecule has 7 nitrogen and oxygen atoms in total. The molecular weight excluding hydrogens is 264 g/mol. The Morgan fingerprint density at radius 1 is 1.55 bits per heavy atom. The number of carboxylic acid groups (broad SMARTS) is 1. The normalized spacial score (nSPS) is 11.2. The van der Waals surface area contributed by atoms with Crippen molar-refractivity contribution >= 4 is 12.1 Å². The Hall–Kier alpha value is -2.57. The molecule has 2 N–H and O–H groups in total. The average Bonchev–Trinajstić information content (AvgIpc) is 2.44. The number of amides is 1. The number of carboxylic acids is 1. The molecule has 1 heterocycles. The molecule has 0 saturated carbocycles. The summed E-state index contributed by atoms with van der Waals surface area (Å²) in [5.74, 6) is -0.646. The summed E-state index contributed by atoms with van der Waals surface area (Å²) < 4.78 is 9.68. The Labute approximate surface area is 116 Å². The lowest BCUT2D eigenvalue weighted by Crippen LogP contribution is -2.30. The fourth-order valence-electron chi connectivity index (χ4n) is 1.46. The summed E-state index contributed by atoms with van der Waals surface area (Å²) in [7, 11) is 1.47. The van der Waals surface area contributed by atoms with Crippen molar-refractivity contribution in [2.24, 2.45) is 0 Å². The van der Waals surface area contributed by atoms with E-state index in [1.165, 1.54) is 19.4 Å². The predicted molar refractivity (Wildman–Crippen MR) is 70.5 cm³/mol. The first-order valence-corrected chi connectivity index (χ1v) is 5.82. The second-order valence-electron chi connectivity index (χ2n) is 3.82. The van der Waals surface area contributed by atoms with Gasteiger partial charge in [0.15, 0.2) is 0 Å². The number of aliphatic carboxylic acids is 1. The molecule has 0 aliphatic carbocycles. The van der Waals surface area contributed by atoms with Gasteiger partial charge in [0.1, 0.15) is 6.61 Å². The van der Waals surface area contributed by atoms with Gasteiger partial charge < -0.3 is 19.9 Å². The van der Waals surface area contributed by atoms with Gasteiger partial charge in [-0.3, -0.25) is 4.79 Å². The first-order chi connectivity index (χ1) is 9.56. The highest BCUT2D eigenvalue weighted by atomic mass is 16.5. The molecule has 1 unspecified atom stereocenters. The maximum Gasteiger partial charge on any atom is 0.407 e. The molecule has 0 fully saturated rings. The number of hydrogen-bond donors (Lipinski definition) is 2. The van der Waals surface area contributed by atoms with Gasteiger partial charge in [0.25, 0.3) is 0 Å². The van der Waals surface area contributed by atoms with E-state index in [-0.39, 0.29) is 13.0 Å². The fourth-order valence-corrected chi connectivity index (χ4v) is 1.46. The molecule has 1 atom stereocenters. The van der Waals surface area contributed by atoms with E-state index < -0.39 is 18.1 Å². The molecule has 1 rings (SSSR count). The van der Waals surface area contributed by atoms with Crippen molar-refractivity contribution in [2.45, 2.75) is 12.5 Å². The van der Waals surface area contributed by atoms with Crippen LogP contribution in [0.1, 0.15) is 18.0 Å². The monoisotopic (exact) mass is 280 g/mol. The van der Waals surface area contributed by atoms with E-state index in [9.17, 15) is 9.59 Å². The number of carbonyl (C=O) groups excluding carboxylic acids is 1. The number of hydrogen-bond acceptors (Lipinski definition) is 5. The highest BCUT2D eigenvalue weighted by Crippen LogP contribution is 2.18. The van der Waals surface area contributed by atoms with Crippen molar-refractivity contribution < 1.29 is 24.2 Å². The van der Waals surface area contributed by atoms with Gasteiger partial charge in [0.2, 0.25) is 5.88 Å². The summed E-state index contributed by atoms with van der Waals surface area (Å²) in [6, 6.07) is 2.48. The van der Waals surface area contributed by atoms with Crippen molar-refractivity contribution in [3.05, 3.63) is 36.5 Å². The van der Waals surface area contributed by atoms with E-state index in [1.807, 2.05) is 0 Å². The van der Waals surface area contributed by atoms with Crippen LogP contribution in [0.3, 0.4) is 0 Å². The molecule has 0 aliphatic heterocycles. The van der Waals surface area contributed by atoms with Gasteiger partial charge in [-0.1, -0.05) is 18.7 Å². The maximum atomic E-state index is 11.5. The van der Waals surface area contributed by atoms with Gasteiger partial charge >= 0.3 is 12.1 Å². The zero-order valence-electron chi connectivity index (χ0n) is 11.0. The molecule has 1 amide bonds. The number of nitrogens with one attached hydrogen (secondary N) is 1. The summed E-state index contributed by atoms with van der Waals surface area (Å²) in [6.45, 7) is 3.46. The number of rotatable bonds is 7. The van der Waals surface area contributed by atoms with Crippen molar-refractivity contribution in [3.8, 4) is 5.88 Å². The summed E-state index contributed by atoms with van der Waals surface area (Å²) in [4.78, 5) is 26.3. The Morgan fingerprint density at radius 2 is 2.30 bits per heavy atom. The molecule has 1 aromatic rings. The van der Waals surface area contributed by atoms with E-state index in [2.05, 4.69) is 16.9 Å². The van der Waals surface area contributed by atoms with Crippen LogP contribution in [0.25, 0.3) is 0 Å². The van der Waals surface area contributed by atoms with Crippen LogP contribution in [0.4, 0.5) is 4.79 Å². The third-order valence-electron chi connectivity index (χ3n) is 2.37. The number of nitrogens with zero attached hydrogens (tertiary/aromatic N) is 1. The van der Waals surface area contributed by atoms with Crippen LogP contribution in [0.2, 0.25) is 0 Å². The quantitative estimate of drug-likeness (QED) is 0.735. The number of methoxy groups -OCH3 is 1. The molecule has 0 radical (unpaired) electrons. The Balaban J connectivity index is 2.78. The summed E-state index contributed by atoms with van der Waals surface area (Å²) in [5.41, 5.74) is 0.545. The lowest BCUT2D eigenvalue weighted by atomic mass is 10.1. The van der Waals surface area contributed by atoms with Gasteiger partial charge in [-0.05, 0) is 5.56 Å². The molecule has 20 heavy (non-hydrogen) atoms. The molecule has 7 heteroatoms. The van der Waals surface area contributed by atoms with Crippen LogP contribution in [0.5, 0.6) is 5.88 Å². The predicted octanol–water partition coefficient (Wildman–Crippen LogP) is 1.52. The summed E-state index contributed by atoms with van der Waals surface area (Å²) in [6.07, 6.45) is 1.87. The van der Waals surface area contributed by atoms with Gasteiger partial charge in [0, 0.05) is 12.3 Å². The zero-order valence-corrected chi connectivity index (χ0v) is 11.0. The Morgan fingerprint density at radius 3 is 2.80 bits per heavy atom. The van der Waals surface area contributed by atoms with Gasteiger partial charge in [-0.2, -0.15) is 0 Å². The number of ether oxygens (including phenoxy) is 2. The van der Waals surface area contributed by atoms with Crippen molar-refractivity contribution in [2.75, 3.05) is 13.7 Å². The van der Waals surface area contributed by atoms with Crippen LogP contribution in [-0.2, 0) is 9.53 Å². The van der Waals surface area contributed by atoms with E-state index in [1.54, 1.807) is 12.1 Å². The molecule has 1 aromatic heterocycles. The number of alkyl carbamates (subject to hydrolysis) is 1. The minimum absolute atomic E-state index is 0.0481. The minimum Gasteiger partial charge on any atom is -0.481 e. The molecule has 0 saturated heterocycles. The SMILES string of the molecule is C=CCOC(=O)NC(CC(=O)O)c1ccc(OC)nc1. The molecule has 0 spiro atoms. The lowest BCUT2D eigenvalue weighted by Gasteiger charge is -2.16. The van der Waals surface area contributed by atoms with Crippen molar-refractivity contribution in [1.82, 2.24) is 10.3 Å². The summed E-state index contributed by atoms with van der Waals surface area (Å²) in [5, 5.41) is 11.3. The number of aromatic nitrogens is 1. The lowest BCUT2D eigenvalue weighted by molar-refractivity contribution is -0.137. The number of pyridine rings is 1. The van der Waals surface area contributed by atoms with Gasteiger partial charge in [-0.25, -0.2) is 9.78 Å². The van der Waals surface area contributed by atoms with Crippen LogP contribution in [0, 0.1) is 0 Å². The minimum atomic E-state index is -1.05. The number of carbonyl (C=O) groups is 2. The largest absolute Gasteiger partial charge is 0.481 e. The second kappa shape index (κ2) is 7.78. The molecule has 0 bridgehead atoms. The highest BCUT2D eigenvalue weighted by Gasteiger charge is 2.19. The molecule has 0 aromatic carbocycles. The first-order valence-electron chi connectivity index (χ1n) is 5.82. The second-order valence-corrected chi connectivity index (χ2v) is 3.82. The van der Waals surface area contributed by atoms with Gasteiger partial charge in [-0.15, -0.1) is 0 Å². The summed E-state index contributed by atoms with van der Waals surface area (Å²) >= 11 is 0. The molecule has 108 valence electrons. The van der Waals surface area contributed by atoms with Crippen LogP contribution >= 0.6 is 0 Å². The van der Waals surface area contributed by atoms with Gasteiger partial charge in [0.05, 0.1) is 19.6 Å². The Bertz CT molecular complexity index is 472. The van der Waals surface area contributed by atoms with E-state index in [0.29, 0.717) is 11.4 Å². The first kappa shape index (κ1) is 15.5. The third-order valence-corrected chi connectivity index (χ3v) is 2.37. The van der Waals surface area contributed by atoms with Crippen molar-refractivity contribution in [1.29, 1.82) is 0 Å². The van der Waals surface area contributed by atoms with E-state index >= 15 is 0 Å². The van der Waals surface area contributed by atoms with Crippen LogP contribution < -0.4 is 10.1 Å². The average molecular weight is 280 g/mol. The topological polar surface area (TPSA) is 97.8 Å². The van der Waals surface area contributed by atoms with E-state index in [0.717, 1.165) is 0 Å². The zero-order chi connectivity index (χ0) is 15.0. The highest BCUT2D eigenvalue weighted by molar-refractivity contribution is 5.71. The molecule has 0 aliphatic rings. The fraction of sp³-hybridized carbons (Fsp3) is 0.308. The third kappa shape index (κ3) is 4.97. The Kier molecular flexibility index (Phi) is 6.02. The maximum absolute atomic E-state index is 11.5.